The molecule has 2 heterocycles. The quantitative estimate of drug-likeness (QED) is 0.777. The number of ether oxygens (including phenoxy) is 2. The van der Waals surface area contributed by atoms with Crippen molar-refractivity contribution in [3.05, 3.63) is 53.3 Å². The van der Waals surface area contributed by atoms with Crippen molar-refractivity contribution < 1.29 is 9.47 Å². The molecule has 0 amide bonds. The minimum atomic E-state index is 0.310. The summed E-state index contributed by atoms with van der Waals surface area (Å²) in [4.78, 5) is 7.93. The second kappa shape index (κ2) is 5.35. The summed E-state index contributed by atoms with van der Waals surface area (Å²) in [6.45, 7) is 3.84. The van der Waals surface area contributed by atoms with Gasteiger partial charge in [0, 0.05) is 6.54 Å². The van der Waals surface area contributed by atoms with Gasteiger partial charge in [-0.25, -0.2) is 4.98 Å². The summed E-state index contributed by atoms with van der Waals surface area (Å²) in [6, 6.07) is 12.2. The molecule has 5 heteroatoms. The molecule has 0 fully saturated rings. The maximum Gasteiger partial charge on any atom is 0.231 e. The average Bonchev–Trinajstić information content (AvgIpc) is 3.12. The number of aryl methyl sites for hydroxylation is 1. The molecule has 1 aromatic heterocycles. The topological polar surface area (TPSA) is 59.2 Å². The number of benzene rings is 2. The van der Waals surface area contributed by atoms with Gasteiger partial charge in [-0.15, -0.1) is 0 Å². The number of imidazole rings is 1. The van der Waals surface area contributed by atoms with E-state index in [1.807, 2.05) is 24.3 Å². The summed E-state index contributed by atoms with van der Waals surface area (Å²) in [5, 5.41) is 3.39. The lowest BCUT2D eigenvalue weighted by Crippen LogP contribution is -2.13. The van der Waals surface area contributed by atoms with Crippen LogP contribution >= 0.6 is 0 Å². The molecule has 1 aliphatic heterocycles. The van der Waals surface area contributed by atoms with Gasteiger partial charge in [-0.1, -0.05) is 12.1 Å². The monoisotopic (exact) mass is 295 g/mol. The Morgan fingerprint density at radius 1 is 1.09 bits per heavy atom. The predicted molar refractivity (Wildman–Crippen MR) is 83.9 cm³/mol. The van der Waals surface area contributed by atoms with Gasteiger partial charge in [0.1, 0.15) is 5.82 Å². The minimum absolute atomic E-state index is 0.310. The number of hydrogen-bond donors (Lipinski definition) is 2. The summed E-state index contributed by atoms with van der Waals surface area (Å²) in [5.41, 5.74) is 4.48. The van der Waals surface area contributed by atoms with Crippen LogP contribution in [0.2, 0.25) is 0 Å². The Morgan fingerprint density at radius 2 is 2.00 bits per heavy atom. The molecular formula is C17H17N3O2. The SMILES string of the molecule is Cc1ccc2nc(CNCc3ccc4c(c3)OCO4)[nH]c2c1. The van der Waals surface area contributed by atoms with Crippen molar-refractivity contribution in [1.82, 2.24) is 15.3 Å². The number of rotatable bonds is 4. The molecular weight excluding hydrogens is 278 g/mol. The van der Waals surface area contributed by atoms with Crippen LogP contribution in [0.3, 0.4) is 0 Å². The van der Waals surface area contributed by atoms with Crippen molar-refractivity contribution in [2.75, 3.05) is 6.79 Å². The van der Waals surface area contributed by atoms with Gasteiger partial charge in [0.05, 0.1) is 17.6 Å². The highest BCUT2D eigenvalue weighted by Gasteiger charge is 2.12. The maximum absolute atomic E-state index is 5.39. The van der Waals surface area contributed by atoms with Gasteiger partial charge in [-0.05, 0) is 42.3 Å². The third kappa shape index (κ3) is 2.51. The Labute approximate surface area is 128 Å². The molecule has 0 saturated heterocycles. The first-order valence-electron chi connectivity index (χ1n) is 7.32. The first-order valence-corrected chi connectivity index (χ1v) is 7.32. The lowest BCUT2D eigenvalue weighted by Gasteiger charge is -2.04. The average molecular weight is 295 g/mol. The second-order valence-corrected chi connectivity index (χ2v) is 5.50. The number of hydrogen-bond acceptors (Lipinski definition) is 4. The van der Waals surface area contributed by atoms with Crippen LogP contribution in [0.15, 0.2) is 36.4 Å². The zero-order valence-corrected chi connectivity index (χ0v) is 12.3. The molecule has 0 radical (unpaired) electrons. The molecule has 0 saturated carbocycles. The van der Waals surface area contributed by atoms with Crippen molar-refractivity contribution >= 4 is 11.0 Å². The first kappa shape index (κ1) is 13.2. The highest BCUT2D eigenvalue weighted by Crippen LogP contribution is 2.32. The molecule has 3 aromatic rings. The fourth-order valence-electron chi connectivity index (χ4n) is 2.64. The molecule has 2 N–H and O–H groups in total. The van der Waals surface area contributed by atoms with Gasteiger partial charge in [0.15, 0.2) is 11.5 Å². The molecule has 0 spiro atoms. The molecule has 112 valence electrons. The van der Waals surface area contributed by atoms with Crippen LogP contribution in [0.5, 0.6) is 11.5 Å². The molecule has 0 aliphatic carbocycles. The van der Waals surface area contributed by atoms with E-state index in [-0.39, 0.29) is 0 Å². The van der Waals surface area contributed by atoms with E-state index in [0.717, 1.165) is 40.5 Å². The molecule has 0 atom stereocenters. The summed E-state index contributed by atoms with van der Waals surface area (Å²) in [6.07, 6.45) is 0. The molecule has 5 nitrogen and oxygen atoms in total. The lowest BCUT2D eigenvalue weighted by molar-refractivity contribution is 0.174. The zero-order valence-electron chi connectivity index (χ0n) is 12.3. The number of aromatic amines is 1. The number of fused-ring (bicyclic) bond motifs is 2. The van der Waals surface area contributed by atoms with E-state index in [1.54, 1.807) is 0 Å². The molecule has 0 bridgehead atoms. The second-order valence-electron chi connectivity index (χ2n) is 5.50. The minimum Gasteiger partial charge on any atom is -0.454 e. The van der Waals surface area contributed by atoms with Crippen LogP contribution in [0.25, 0.3) is 11.0 Å². The van der Waals surface area contributed by atoms with E-state index < -0.39 is 0 Å². The van der Waals surface area contributed by atoms with Crippen molar-refractivity contribution in [3.63, 3.8) is 0 Å². The lowest BCUT2D eigenvalue weighted by atomic mass is 10.2. The fraction of sp³-hybridized carbons (Fsp3) is 0.235. The van der Waals surface area contributed by atoms with Gasteiger partial charge in [0.25, 0.3) is 0 Å². The maximum atomic E-state index is 5.39. The standard InChI is InChI=1S/C17H17N3O2/c1-11-2-4-13-14(6-11)20-17(19-13)9-18-8-12-3-5-15-16(7-12)22-10-21-15/h2-7,18H,8-10H2,1H3,(H,19,20). The van der Waals surface area contributed by atoms with Crippen LogP contribution in [-0.4, -0.2) is 16.8 Å². The van der Waals surface area contributed by atoms with Crippen LogP contribution in [0.1, 0.15) is 17.0 Å². The third-order valence-electron chi connectivity index (χ3n) is 3.74. The molecule has 2 aromatic carbocycles. The summed E-state index contributed by atoms with van der Waals surface area (Å²) >= 11 is 0. The summed E-state index contributed by atoms with van der Waals surface area (Å²) in [5.74, 6) is 2.58. The highest BCUT2D eigenvalue weighted by atomic mass is 16.7. The summed E-state index contributed by atoms with van der Waals surface area (Å²) < 4.78 is 10.7. The molecule has 4 rings (SSSR count). The predicted octanol–water partition coefficient (Wildman–Crippen LogP) is 2.89. The van der Waals surface area contributed by atoms with Crippen LogP contribution in [-0.2, 0) is 13.1 Å². The van der Waals surface area contributed by atoms with Gasteiger partial charge >= 0.3 is 0 Å². The van der Waals surface area contributed by atoms with E-state index in [9.17, 15) is 0 Å². The molecule has 0 unspecified atom stereocenters. The number of aromatic nitrogens is 2. The molecule has 22 heavy (non-hydrogen) atoms. The van der Waals surface area contributed by atoms with Crippen molar-refractivity contribution in [2.24, 2.45) is 0 Å². The van der Waals surface area contributed by atoms with Gasteiger partial charge in [0.2, 0.25) is 6.79 Å². The van der Waals surface area contributed by atoms with Gasteiger partial charge in [-0.3, -0.25) is 0 Å². The normalized spacial score (nSPS) is 13.0. The number of nitrogens with zero attached hydrogens (tertiary/aromatic N) is 1. The number of H-pyrrole nitrogens is 1. The van der Waals surface area contributed by atoms with Gasteiger partial charge in [-0.2, -0.15) is 0 Å². The summed E-state index contributed by atoms with van der Waals surface area (Å²) in [7, 11) is 0. The smallest absolute Gasteiger partial charge is 0.231 e. The zero-order chi connectivity index (χ0) is 14.9. The van der Waals surface area contributed by atoms with Crippen molar-refractivity contribution in [1.29, 1.82) is 0 Å². The Kier molecular flexibility index (Phi) is 3.20. The van der Waals surface area contributed by atoms with E-state index in [4.69, 9.17) is 9.47 Å². The highest BCUT2D eigenvalue weighted by molar-refractivity contribution is 5.75. The van der Waals surface area contributed by atoms with Crippen LogP contribution in [0.4, 0.5) is 0 Å². The van der Waals surface area contributed by atoms with Crippen LogP contribution in [0, 0.1) is 6.92 Å². The Morgan fingerprint density at radius 3 is 2.95 bits per heavy atom. The Bertz CT molecular complexity index is 826. The van der Waals surface area contributed by atoms with E-state index in [2.05, 4.69) is 34.3 Å². The fourth-order valence-corrected chi connectivity index (χ4v) is 2.64. The van der Waals surface area contributed by atoms with E-state index >= 15 is 0 Å². The number of nitrogens with one attached hydrogen (secondary N) is 2. The van der Waals surface area contributed by atoms with Crippen LogP contribution < -0.4 is 14.8 Å². The van der Waals surface area contributed by atoms with E-state index in [0.29, 0.717) is 13.3 Å². The van der Waals surface area contributed by atoms with Crippen molar-refractivity contribution in [2.45, 2.75) is 20.0 Å². The molecule has 1 aliphatic rings. The van der Waals surface area contributed by atoms with Gasteiger partial charge < -0.3 is 19.8 Å². The van der Waals surface area contributed by atoms with Crippen molar-refractivity contribution in [3.8, 4) is 11.5 Å². The first-order chi connectivity index (χ1) is 10.8. The Hall–Kier alpha value is -2.53. The van der Waals surface area contributed by atoms with E-state index in [1.165, 1.54) is 5.56 Å². The largest absolute Gasteiger partial charge is 0.454 e. The third-order valence-corrected chi connectivity index (χ3v) is 3.74. The Balaban J connectivity index is 1.41.